The fourth-order valence-electron chi connectivity index (χ4n) is 1.65. The summed E-state index contributed by atoms with van der Waals surface area (Å²) >= 11 is 0. The minimum atomic E-state index is -0.783. The summed E-state index contributed by atoms with van der Waals surface area (Å²) in [5.74, 6) is 0.0224. The van der Waals surface area contributed by atoms with E-state index in [9.17, 15) is 4.79 Å². The summed E-state index contributed by atoms with van der Waals surface area (Å²) in [5.41, 5.74) is 1.30. The van der Waals surface area contributed by atoms with E-state index in [0.717, 1.165) is 5.75 Å². The zero-order chi connectivity index (χ0) is 13.8. The Morgan fingerprint density at radius 1 is 1.39 bits per heavy atom. The van der Waals surface area contributed by atoms with Gasteiger partial charge in [0, 0.05) is 6.42 Å². The molecular formula is C15H22O3. The molecule has 1 N–H and O–H groups in total. The molecule has 0 saturated heterocycles. The Kier molecular flexibility index (Phi) is 4.76. The lowest BCUT2D eigenvalue weighted by atomic mass is 9.87. The van der Waals surface area contributed by atoms with Gasteiger partial charge in [0.05, 0.1) is 6.10 Å². The predicted molar refractivity (Wildman–Crippen MR) is 72.1 cm³/mol. The Labute approximate surface area is 109 Å². The molecule has 0 fully saturated rings. The van der Waals surface area contributed by atoms with Crippen molar-refractivity contribution in [1.29, 1.82) is 0 Å². The Morgan fingerprint density at radius 2 is 2.06 bits per heavy atom. The number of carbonyl (C=O) groups is 1. The van der Waals surface area contributed by atoms with Crippen LogP contribution >= 0.6 is 0 Å². The smallest absolute Gasteiger partial charge is 0.303 e. The van der Waals surface area contributed by atoms with Gasteiger partial charge in [-0.25, -0.2) is 0 Å². The molecule has 1 unspecified atom stereocenters. The van der Waals surface area contributed by atoms with Crippen LogP contribution in [0.15, 0.2) is 24.3 Å². The SMILES string of the molecule is CC(CCC(=O)O)Oc1cccc(C(C)(C)C)c1. The lowest BCUT2D eigenvalue weighted by Crippen LogP contribution is -2.15. The summed E-state index contributed by atoms with van der Waals surface area (Å²) < 4.78 is 5.74. The summed E-state index contributed by atoms with van der Waals surface area (Å²) in [6, 6.07) is 7.98. The lowest BCUT2D eigenvalue weighted by molar-refractivity contribution is -0.137. The molecule has 1 atom stereocenters. The molecule has 1 aromatic rings. The van der Waals surface area contributed by atoms with Gasteiger partial charge in [0.25, 0.3) is 0 Å². The number of carboxylic acids is 1. The predicted octanol–water partition coefficient (Wildman–Crippen LogP) is 3.62. The summed E-state index contributed by atoms with van der Waals surface area (Å²) in [6.07, 6.45) is 0.575. The van der Waals surface area contributed by atoms with E-state index in [0.29, 0.717) is 6.42 Å². The molecule has 0 heterocycles. The second kappa shape index (κ2) is 5.89. The number of benzene rings is 1. The Bertz CT molecular complexity index is 404. The van der Waals surface area contributed by atoms with Crippen LogP contribution in [0.4, 0.5) is 0 Å². The van der Waals surface area contributed by atoms with Crippen LogP contribution in [0.25, 0.3) is 0 Å². The third-order valence-corrected chi connectivity index (χ3v) is 2.80. The van der Waals surface area contributed by atoms with Crippen LogP contribution in [0.1, 0.15) is 46.1 Å². The van der Waals surface area contributed by atoms with Crippen molar-refractivity contribution in [1.82, 2.24) is 0 Å². The van der Waals surface area contributed by atoms with Crippen molar-refractivity contribution >= 4 is 5.97 Å². The minimum absolute atomic E-state index is 0.0867. The van der Waals surface area contributed by atoms with Crippen LogP contribution in [0, 0.1) is 0 Å². The molecule has 0 aliphatic rings. The molecule has 0 spiro atoms. The molecule has 3 nitrogen and oxygen atoms in total. The van der Waals surface area contributed by atoms with Crippen molar-refractivity contribution in [3.8, 4) is 5.75 Å². The second-order valence-electron chi connectivity index (χ2n) is 5.64. The van der Waals surface area contributed by atoms with Crippen LogP contribution in [0.5, 0.6) is 5.75 Å². The van der Waals surface area contributed by atoms with E-state index in [1.165, 1.54) is 5.56 Å². The highest BCUT2D eigenvalue weighted by Gasteiger charge is 2.14. The topological polar surface area (TPSA) is 46.5 Å². The Balaban J connectivity index is 2.65. The molecule has 0 bridgehead atoms. The van der Waals surface area contributed by atoms with Crippen LogP contribution in [-0.2, 0) is 10.2 Å². The van der Waals surface area contributed by atoms with Gasteiger partial charge in [-0.1, -0.05) is 32.9 Å². The molecule has 0 aliphatic carbocycles. The summed E-state index contributed by atoms with van der Waals surface area (Å²) in [7, 11) is 0. The first kappa shape index (κ1) is 14.6. The maximum Gasteiger partial charge on any atom is 0.303 e. The standard InChI is InChI=1S/C15H22O3/c1-11(8-9-14(16)17)18-13-7-5-6-12(10-13)15(2,3)4/h5-7,10-11H,8-9H2,1-4H3,(H,16,17). The van der Waals surface area contributed by atoms with Gasteiger partial charge >= 0.3 is 5.97 Å². The largest absolute Gasteiger partial charge is 0.491 e. The van der Waals surface area contributed by atoms with Crippen molar-refractivity contribution in [2.24, 2.45) is 0 Å². The Hall–Kier alpha value is -1.51. The van der Waals surface area contributed by atoms with Crippen molar-refractivity contribution in [3.05, 3.63) is 29.8 Å². The second-order valence-corrected chi connectivity index (χ2v) is 5.64. The molecule has 0 amide bonds. The molecule has 0 saturated carbocycles. The van der Waals surface area contributed by atoms with Crippen LogP contribution in [-0.4, -0.2) is 17.2 Å². The van der Waals surface area contributed by atoms with Gasteiger partial charge in [0.1, 0.15) is 5.75 Å². The summed E-state index contributed by atoms with van der Waals surface area (Å²) in [4.78, 5) is 10.5. The van der Waals surface area contributed by atoms with Gasteiger partial charge in [0.15, 0.2) is 0 Å². The molecule has 100 valence electrons. The highest BCUT2D eigenvalue weighted by molar-refractivity contribution is 5.66. The third kappa shape index (κ3) is 4.78. The summed E-state index contributed by atoms with van der Waals surface area (Å²) in [6.45, 7) is 8.35. The van der Waals surface area contributed by atoms with Crippen LogP contribution in [0.3, 0.4) is 0 Å². The fraction of sp³-hybridized carbons (Fsp3) is 0.533. The van der Waals surface area contributed by atoms with E-state index >= 15 is 0 Å². The van der Waals surface area contributed by atoms with Gasteiger partial charge in [-0.3, -0.25) is 4.79 Å². The van der Waals surface area contributed by atoms with E-state index < -0.39 is 5.97 Å². The lowest BCUT2D eigenvalue weighted by Gasteiger charge is -2.21. The number of rotatable bonds is 5. The molecule has 3 heteroatoms. The van der Waals surface area contributed by atoms with E-state index in [1.54, 1.807) is 0 Å². The van der Waals surface area contributed by atoms with Crippen LogP contribution in [0.2, 0.25) is 0 Å². The van der Waals surface area contributed by atoms with Gasteiger partial charge in [-0.15, -0.1) is 0 Å². The maximum absolute atomic E-state index is 10.5. The third-order valence-electron chi connectivity index (χ3n) is 2.80. The van der Waals surface area contributed by atoms with E-state index in [-0.39, 0.29) is 17.9 Å². The zero-order valence-electron chi connectivity index (χ0n) is 11.6. The highest BCUT2D eigenvalue weighted by atomic mass is 16.5. The van der Waals surface area contributed by atoms with Gasteiger partial charge in [-0.2, -0.15) is 0 Å². The molecule has 1 rings (SSSR count). The van der Waals surface area contributed by atoms with Gasteiger partial charge in [0.2, 0.25) is 0 Å². The van der Waals surface area contributed by atoms with Crippen molar-refractivity contribution in [2.75, 3.05) is 0 Å². The Morgan fingerprint density at radius 3 is 2.61 bits per heavy atom. The number of carboxylic acid groups (broad SMARTS) is 1. The van der Waals surface area contributed by atoms with Crippen molar-refractivity contribution in [3.63, 3.8) is 0 Å². The van der Waals surface area contributed by atoms with E-state index in [4.69, 9.17) is 9.84 Å². The van der Waals surface area contributed by atoms with E-state index in [2.05, 4.69) is 26.8 Å². The highest BCUT2D eigenvalue weighted by Crippen LogP contribution is 2.26. The van der Waals surface area contributed by atoms with E-state index in [1.807, 2.05) is 25.1 Å². The normalized spacial score (nSPS) is 13.1. The van der Waals surface area contributed by atoms with Crippen LogP contribution < -0.4 is 4.74 Å². The zero-order valence-corrected chi connectivity index (χ0v) is 11.6. The molecule has 0 radical (unpaired) electrons. The molecule has 0 aliphatic heterocycles. The quantitative estimate of drug-likeness (QED) is 0.868. The monoisotopic (exact) mass is 250 g/mol. The molecular weight excluding hydrogens is 228 g/mol. The van der Waals surface area contributed by atoms with Gasteiger partial charge < -0.3 is 9.84 Å². The molecule has 0 aromatic heterocycles. The average Bonchev–Trinajstić information content (AvgIpc) is 2.25. The average molecular weight is 250 g/mol. The number of hydrogen-bond acceptors (Lipinski definition) is 2. The number of hydrogen-bond donors (Lipinski definition) is 1. The molecule has 1 aromatic carbocycles. The minimum Gasteiger partial charge on any atom is -0.491 e. The number of aliphatic carboxylic acids is 1. The van der Waals surface area contributed by atoms with Crippen molar-refractivity contribution < 1.29 is 14.6 Å². The molecule has 18 heavy (non-hydrogen) atoms. The fourth-order valence-corrected chi connectivity index (χ4v) is 1.65. The summed E-state index contributed by atoms with van der Waals surface area (Å²) in [5, 5.41) is 8.62. The first-order valence-electron chi connectivity index (χ1n) is 6.28. The number of ether oxygens (including phenoxy) is 1. The first-order chi connectivity index (χ1) is 8.29. The first-order valence-corrected chi connectivity index (χ1v) is 6.28. The van der Waals surface area contributed by atoms with Crippen molar-refractivity contribution in [2.45, 2.75) is 52.1 Å². The van der Waals surface area contributed by atoms with Gasteiger partial charge in [-0.05, 0) is 36.5 Å². The maximum atomic E-state index is 10.5.